The topological polar surface area (TPSA) is 50.8 Å². The number of benzene rings is 1. The van der Waals surface area contributed by atoms with E-state index in [1.165, 1.54) is 15.0 Å². The Morgan fingerprint density at radius 2 is 1.78 bits per heavy atom. The predicted molar refractivity (Wildman–Crippen MR) is 93.6 cm³/mol. The second kappa shape index (κ2) is 6.80. The molecule has 1 aromatic carbocycles. The first-order chi connectivity index (χ1) is 12.9. The summed E-state index contributed by atoms with van der Waals surface area (Å²) in [6, 6.07) is 12.1. The number of alkyl halides is 3. The zero-order valence-corrected chi connectivity index (χ0v) is 14.9. The first-order valence-electron chi connectivity index (χ1n) is 8.84. The van der Waals surface area contributed by atoms with Crippen LogP contribution in [-0.2, 0) is 12.7 Å². The van der Waals surface area contributed by atoms with Gasteiger partial charge in [0.2, 0.25) is 0 Å². The molecule has 1 N–H and O–H groups in total. The normalized spacial score (nSPS) is 16.2. The number of fused-ring (bicyclic) bond motifs is 1. The summed E-state index contributed by atoms with van der Waals surface area (Å²) in [5.41, 5.74) is 1.91. The predicted octanol–water partition coefficient (Wildman–Crippen LogP) is 1.36. The molecule has 142 valence electrons. The molecule has 2 aromatic heterocycles. The van der Waals surface area contributed by atoms with Gasteiger partial charge < -0.3 is 9.80 Å². The van der Waals surface area contributed by atoms with E-state index in [0.717, 1.165) is 32.7 Å². The summed E-state index contributed by atoms with van der Waals surface area (Å²) < 4.78 is 40.1. The van der Waals surface area contributed by atoms with Crippen molar-refractivity contribution in [1.82, 2.24) is 19.6 Å². The Labute approximate surface area is 154 Å². The first kappa shape index (κ1) is 17.7. The molecule has 27 heavy (non-hydrogen) atoms. The molecule has 4 rings (SSSR count). The lowest BCUT2D eigenvalue weighted by molar-refractivity contribution is -0.914. The summed E-state index contributed by atoms with van der Waals surface area (Å²) in [4.78, 5) is 11.2. The van der Waals surface area contributed by atoms with Crippen LogP contribution in [0.2, 0.25) is 0 Å². The Morgan fingerprint density at radius 1 is 1.07 bits per heavy atom. The Bertz CT molecular complexity index is 929. The van der Waals surface area contributed by atoms with Gasteiger partial charge in [0.15, 0.2) is 0 Å². The summed E-state index contributed by atoms with van der Waals surface area (Å²) in [6.07, 6.45) is -4.59. The van der Waals surface area contributed by atoms with Gasteiger partial charge in [-0.05, 0) is 6.92 Å². The van der Waals surface area contributed by atoms with Crippen LogP contribution in [0.5, 0.6) is 0 Å². The summed E-state index contributed by atoms with van der Waals surface area (Å²) in [5, 5.41) is 3.66. The Balaban J connectivity index is 1.54. The number of halogens is 3. The highest BCUT2D eigenvalue weighted by Gasteiger charge is 2.37. The highest BCUT2D eigenvalue weighted by atomic mass is 19.4. The molecule has 0 saturated carbocycles. The minimum Gasteiger partial charge on any atom is -0.345 e. The highest BCUT2D eigenvalue weighted by Crippen LogP contribution is 2.27. The molecule has 0 spiro atoms. The van der Waals surface area contributed by atoms with Crippen molar-refractivity contribution in [2.75, 3.05) is 31.1 Å². The van der Waals surface area contributed by atoms with E-state index >= 15 is 0 Å². The molecule has 0 amide bonds. The fraction of sp³-hybridized carbons (Fsp3) is 0.389. The quantitative estimate of drug-likeness (QED) is 0.749. The van der Waals surface area contributed by atoms with Crippen molar-refractivity contribution in [2.45, 2.75) is 19.6 Å². The molecule has 0 bridgehead atoms. The second-order valence-corrected chi connectivity index (χ2v) is 6.80. The molecule has 0 radical (unpaired) electrons. The summed E-state index contributed by atoms with van der Waals surface area (Å²) in [6.45, 7) is 5.98. The third-order valence-electron chi connectivity index (χ3n) is 4.77. The van der Waals surface area contributed by atoms with Crippen molar-refractivity contribution >= 4 is 11.6 Å². The van der Waals surface area contributed by atoms with E-state index in [-0.39, 0.29) is 5.78 Å². The van der Waals surface area contributed by atoms with Gasteiger partial charge in [0.25, 0.3) is 11.6 Å². The van der Waals surface area contributed by atoms with E-state index in [1.807, 2.05) is 18.2 Å². The number of rotatable bonds is 3. The molecule has 0 aliphatic carbocycles. The van der Waals surface area contributed by atoms with Crippen LogP contribution in [0.25, 0.3) is 5.78 Å². The molecule has 6 nitrogen and oxygen atoms in total. The molecule has 9 heteroatoms. The van der Waals surface area contributed by atoms with Crippen LogP contribution in [0.4, 0.5) is 19.0 Å². The van der Waals surface area contributed by atoms with Crippen molar-refractivity contribution in [3.8, 4) is 0 Å². The van der Waals surface area contributed by atoms with E-state index in [0.29, 0.717) is 11.5 Å². The van der Waals surface area contributed by atoms with Crippen LogP contribution in [0.1, 0.15) is 17.1 Å². The van der Waals surface area contributed by atoms with E-state index in [9.17, 15) is 13.2 Å². The Kier molecular flexibility index (Phi) is 4.47. The molecule has 1 aliphatic heterocycles. The highest BCUT2D eigenvalue weighted by molar-refractivity contribution is 5.48. The van der Waals surface area contributed by atoms with Crippen molar-refractivity contribution < 1.29 is 18.1 Å². The molecular formula is C18H20F3N6+. The summed E-state index contributed by atoms with van der Waals surface area (Å²) >= 11 is 0. The lowest BCUT2D eigenvalue weighted by Crippen LogP contribution is -3.13. The Hall–Kier alpha value is -2.68. The van der Waals surface area contributed by atoms with Crippen molar-refractivity contribution in [3.63, 3.8) is 0 Å². The van der Waals surface area contributed by atoms with Gasteiger partial charge in [0.05, 0.1) is 26.2 Å². The average molecular weight is 377 g/mol. The number of aryl methyl sites for hydroxylation is 1. The van der Waals surface area contributed by atoms with Crippen LogP contribution in [-0.4, -0.2) is 45.8 Å². The van der Waals surface area contributed by atoms with Gasteiger partial charge in [-0.2, -0.15) is 22.7 Å². The number of nitrogens with one attached hydrogen (secondary N) is 1. The van der Waals surface area contributed by atoms with Gasteiger partial charge in [-0.15, -0.1) is 5.10 Å². The summed E-state index contributed by atoms with van der Waals surface area (Å²) in [5.74, 6) is -0.564. The molecule has 3 heterocycles. The van der Waals surface area contributed by atoms with E-state index in [1.54, 1.807) is 13.0 Å². The van der Waals surface area contributed by atoms with Gasteiger partial charge in [-0.25, -0.2) is 4.98 Å². The average Bonchev–Trinajstić information content (AvgIpc) is 3.07. The molecule has 1 aliphatic rings. The third kappa shape index (κ3) is 3.73. The van der Waals surface area contributed by atoms with Crippen molar-refractivity contribution in [2.24, 2.45) is 0 Å². The van der Waals surface area contributed by atoms with Crippen LogP contribution < -0.4 is 9.80 Å². The number of hydrogen-bond donors (Lipinski definition) is 1. The molecular weight excluding hydrogens is 357 g/mol. The lowest BCUT2D eigenvalue weighted by atomic mass is 10.2. The minimum absolute atomic E-state index is 0.0172. The van der Waals surface area contributed by atoms with Crippen LogP contribution in [0.3, 0.4) is 0 Å². The maximum Gasteiger partial charge on any atom is 0.453 e. The van der Waals surface area contributed by atoms with Gasteiger partial charge in [-0.1, -0.05) is 30.3 Å². The largest absolute Gasteiger partial charge is 0.453 e. The van der Waals surface area contributed by atoms with Gasteiger partial charge in [0.1, 0.15) is 12.4 Å². The van der Waals surface area contributed by atoms with Crippen LogP contribution >= 0.6 is 0 Å². The zero-order valence-electron chi connectivity index (χ0n) is 14.9. The maximum absolute atomic E-state index is 13.0. The van der Waals surface area contributed by atoms with Crippen LogP contribution in [0.15, 0.2) is 36.4 Å². The van der Waals surface area contributed by atoms with Gasteiger partial charge >= 0.3 is 6.18 Å². The Morgan fingerprint density at radius 3 is 2.44 bits per heavy atom. The number of piperazine rings is 1. The first-order valence-corrected chi connectivity index (χ1v) is 8.84. The molecule has 0 atom stereocenters. The smallest absolute Gasteiger partial charge is 0.345 e. The lowest BCUT2D eigenvalue weighted by Gasteiger charge is -2.33. The standard InChI is InChI=1S/C18H19F3N6/c1-13-11-15(27-17(22-13)23-16(24-27)18(19,20)21)26-9-7-25(8-10-26)12-14-5-3-2-4-6-14/h2-6,11H,7-10,12H2,1H3/p+1. The van der Waals surface area contributed by atoms with E-state index in [2.05, 4.69) is 32.1 Å². The van der Waals surface area contributed by atoms with E-state index in [4.69, 9.17) is 0 Å². The number of nitrogens with zero attached hydrogens (tertiary/aromatic N) is 5. The van der Waals surface area contributed by atoms with Crippen molar-refractivity contribution in [3.05, 3.63) is 53.5 Å². The van der Waals surface area contributed by atoms with Gasteiger partial charge in [0, 0.05) is 17.3 Å². The number of hydrogen-bond acceptors (Lipinski definition) is 4. The second-order valence-electron chi connectivity index (χ2n) is 6.80. The fourth-order valence-electron chi connectivity index (χ4n) is 3.43. The third-order valence-corrected chi connectivity index (χ3v) is 4.77. The number of anilines is 1. The SMILES string of the molecule is Cc1cc(N2CC[NH+](Cc3ccccc3)CC2)n2nc(C(F)(F)F)nc2n1. The maximum atomic E-state index is 13.0. The molecule has 3 aromatic rings. The molecule has 0 unspecified atom stereocenters. The van der Waals surface area contributed by atoms with Gasteiger partial charge in [-0.3, -0.25) is 0 Å². The molecule has 1 saturated heterocycles. The zero-order chi connectivity index (χ0) is 19.0. The van der Waals surface area contributed by atoms with E-state index < -0.39 is 12.0 Å². The fourth-order valence-corrected chi connectivity index (χ4v) is 3.43. The molecule has 1 fully saturated rings. The monoisotopic (exact) mass is 377 g/mol. The minimum atomic E-state index is -4.59. The number of aromatic nitrogens is 4. The number of quaternary nitrogens is 1. The van der Waals surface area contributed by atoms with Crippen molar-refractivity contribution in [1.29, 1.82) is 0 Å². The summed E-state index contributed by atoms with van der Waals surface area (Å²) in [7, 11) is 0. The van der Waals surface area contributed by atoms with Crippen LogP contribution in [0, 0.1) is 6.92 Å².